The third-order valence-corrected chi connectivity index (χ3v) is 7.63. The molecule has 2 heterocycles. The van der Waals surface area contributed by atoms with Crippen molar-refractivity contribution in [3.63, 3.8) is 0 Å². The minimum absolute atomic E-state index is 0.204. The van der Waals surface area contributed by atoms with Gasteiger partial charge in [0, 0.05) is 32.7 Å². The fourth-order valence-corrected chi connectivity index (χ4v) is 6.52. The van der Waals surface area contributed by atoms with Crippen molar-refractivity contribution in [2.24, 2.45) is 0 Å². The summed E-state index contributed by atoms with van der Waals surface area (Å²) in [5.74, 6) is 1.13. The standard InChI is InChI=1S/C23H18O7S2/c1-26-12-6-9-13-10(7-31-21(13)18(12)27-2)17(24)16-14(9)15-11(23(25)30-5)8-32-22(15)20(29-4)19(16)28-3/h6-8H,1-5H3. The van der Waals surface area contributed by atoms with Gasteiger partial charge in [-0.2, -0.15) is 0 Å². The predicted octanol–water partition coefficient (Wildman–Crippen LogP) is 5.15. The second-order valence-corrected chi connectivity index (χ2v) is 8.76. The number of benzene rings is 2. The summed E-state index contributed by atoms with van der Waals surface area (Å²) in [6.45, 7) is 0. The third kappa shape index (κ3) is 2.46. The monoisotopic (exact) mass is 470 g/mol. The molecule has 0 saturated heterocycles. The van der Waals surface area contributed by atoms with Gasteiger partial charge in [0.1, 0.15) is 0 Å². The summed E-state index contributed by atoms with van der Waals surface area (Å²) in [7, 11) is 7.47. The van der Waals surface area contributed by atoms with Gasteiger partial charge in [-0.1, -0.05) is 0 Å². The Labute approximate surface area is 191 Å². The van der Waals surface area contributed by atoms with Gasteiger partial charge in [-0.3, -0.25) is 4.79 Å². The number of ketones is 1. The van der Waals surface area contributed by atoms with Crippen molar-refractivity contribution in [3.8, 4) is 34.1 Å². The van der Waals surface area contributed by atoms with Crippen molar-refractivity contribution in [1.82, 2.24) is 0 Å². The van der Waals surface area contributed by atoms with E-state index in [1.807, 2.05) is 11.4 Å². The molecule has 0 unspecified atom stereocenters. The maximum Gasteiger partial charge on any atom is 0.339 e. The molecular formula is C23H18O7S2. The zero-order valence-corrected chi connectivity index (χ0v) is 19.5. The molecule has 2 aromatic heterocycles. The molecule has 4 aromatic rings. The number of hydrogen-bond acceptors (Lipinski definition) is 9. The van der Waals surface area contributed by atoms with Gasteiger partial charge in [-0.15, -0.1) is 22.7 Å². The van der Waals surface area contributed by atoms with Gasteiger partial charge in [0.15, 0.2) is 28.8 Å². The Bertz CT molecular complexity index is 1440. The minimum atomic E-state index is -0.494. The Balaban J connectivity index is 2.06. The van der Waals surface area contributed by atoms with Crippen molar-refractivity contribution in [3.05, 3.63) is 33.5 Å². The van der Waals surface area contributed by atoms with E-state index in [0.717, 1.165) is 15.6 Å². The summed E-state index contributed by atoms with van der Waals surface area (Å²) >= 11 is 2.74. The molecule has 0 spiro atoms. The number of fused-ring (bicyclic) bond motifs is 4. The number of ether oxygens (including phenoxy) is 5. The van der Waals surface area contributed by atoms with Crippen LogP contribution >= 0.6 is 22.7 Å². The Hall–Kier alpha value is -3.30. The Morgan fingerprint density at radius 1 is 0.750 bits per heavy atom. The summed E-state index contributed by atoms with van der Waals surface area (Å²) in [5.41, 5.74) is 2.61. The minimum Gasteiger partial charge on any atom is -0.493 e. The molecule has 5 rings (SSSR count). The fourth-order valence-electron chi connectivity index (χ4n) is 4.37. The lowest BCUT2D eigenvalue weighted by molar-refractivity contribution is 0.0603. The topological polar surface area (TPSA) is 80.3 Å². The molecule has 1 aliphatic carbocycles. The van der Waals surface area contributed by atoms with Crippen LogP contribution in [-0.4, -0.2) is 47.3 Å². The molecule has 0 fully saturated rings. The highest BCUT2D eigenvalue weighted by molar-refractivity contribution is 7.18. The first-order valence-electron chi connectivity index (χ1n) is 9.50. The average Bonchev–Trinajstić information content (AvgIpc) is 3.45. The smallest absolute Gasteiger partial charge is 0.339 e. The Kier molecular flexibility index (Phi) is 4.75. The number of thiophene rings is 2. The van der Waals surface area contributed by atoms with Crippen LogP contribution in [0.3, 0.4) is 0 Å². The molecule has 2 aromatic carbocycles. The predicted molar refractivity (Wildman–Crippen MR) is 124 cm³/mol. The van der Waals surface area contributed by atoms with Crippen LogP contribution in [0.1, 0.15) is 26.3 Å². The summed E-state index contributed by atoms with van der Waals surface area (Å²) in [4.78, 5) is 26.4. The third-order valence-electron chi connectivity index (χ3n) is 5.67. The summed E-state index contributed by atoms with van der Waals surface area (Å²) in [6, 6.07) is 1.84. The van der Waals surface area contributed by atoms with Crippen LogP contribution in [0.2, 0.25) is 0 Å². The van der Waals surface area contributed by atoms with Gasteiger partial charge in [0.05, 0.1) is 56.1 Å². The lowest BCUT2D eigenvalue weighted by Gasteiger charge is -2.24. The number of rotatable bonds is 5. The molecular weight excluding hydrogens is 452 g/mol. The van der Waals surface area contributed by atoms with Crippen LogP contribution in [0.4, 0.5) is 0 Å². The van der Waals surface area contributed by atoms with E-state index in [9.17, 15) is 9.59 Å². The number of carbonyl (C=O) groups excluding carboxylic acids is 2. The van der Waals surface area contributed by atoms with Gasteiger partial charge in [-0.05, 0) is 11.6 Å². The van der Waals surface area contributed by atoms with Crippen LogP contribution < -0.4 is 18.9 Å². The molecule has 164 valence electrons. The second kappa shape index (κ2) is 7.39. The summed E-state index contributed by atoms with van der Waals surface area (Å²) in [6.07, 6.45) is 0. The highest BCUT2D eigenvalue weighted by Crippen LogP contribution is 2.57. The van der Waals surface area contributed by atoms with E-state index in [2.05, 4.69) is 0 Å². The molecule has 7 nitrogen and oxygen atoms in total. The van der Waals surface area contributed by atoms with E-state index >= 15 is 0 Å². The molecule has 0 N–H and O–H groups in total. The maximum absolute atomic E-state index is 13.8. The number of methoxy groups -OCH3 is 5. The fraction of sp³-hybridized carbons (Fsp3) is 0.217. The lowest BCUT2D eigenvalue weighted by atomic mass is 9.82. The summed E-state index contributed by atoms with van der Waals surface area (Å²) in [5, 5.41) is 4.88. The Morgan fingerprint density at radius 2 is 1.41 bits per heavy atom. The lowest BCUT2D eigenvalue weighted by Crippen LogP contribution is -2.13. The van der Waals surface area contributed by atoms with E-state index in [1.165, 1.54) is 44.0 Å². The number of esters is 1. The Morgan fingerprint density at radius 3 is 2.03 bits per heavy atom. The number of hydrogen-bond donors (Lipinski definition) is 0. The van der Waals surface area contributed by atoms with Crippen molar-refractivity contribution in [2.45, 2.75) is 0 Å². The van der Waals surface area contributed by atoms with E-state index in [1.54, 1.807) is 19.6 Å². The van der Waals surface area contributed by atoms with Crippen molar-refractivity contribution >= 4 is 54.6 Å². The summed E-state index contributed by atoms with van der Waals surface area (Å²) < 4.78 is 29.1. The van der Waals surface area contributed by atoms with Gasteiger partial charge in [0.2, 0.25) is 0 Å². The largest absolute Gasteiger partial charge is 0.493 e. The van der Waals surface area contributed by atoms with Crippen LogP contribution in [0.15, 0.2) is 16.8 Å². The molecule has 0 bridgehead atoms. The highest BCUT2D eigenvalue weighted by atomic mass is 32.1. The highest BCUT2D eigenvalue weighted by Gasteiger charge is 2.37. The van der Waals surface area contributed by atoms with Crippen LogP contribution in [0, 0.1) is 0 Å². The quantitative estimate of drug-likeness (QED) is 0.329. The maximum atomic E-state index is 13.8. The van der Waals surface area contributed by atoms with E-state index in [0.29, 0.717) is 55.3 Å². The van der Waals surface area contributed by atoms with Gasteiger partial charge in [-0.25, -0.2) is 4.79 Å². The van der Waals surface area contributed by atoms with E-state index in [-0.39, 0.29) is 5.78 Å². The zero-order chi connectivity index (χ0) is 22.7. The van der Waals surface area contributed by atoms with Crippen LogP contribution in [0.5, 0.6) is 23.0 Å². The first-order valence-corrected chi connectivity index (χ1v) is 11.3. The zero-order valence-electron chi connectivity index (χ0n) is 17.9. The normalized spacial score (nSPS) is 12.1. The van der Waals surface area contributed by atoms with Crippen LogP contribution in [0.25, 0.3) is 31.3 Å². The van der Waals surface area contributed by atoms with E-state index in [4.69, 9.17) is 23.7 Å². The molecule has 9 heteroatoms. The SMILES string of the molecule is COC(=O)c1csc2c(OC)c(OC)c3c(c12)-c1cc(OC)c(OC)c2scc(c12)C3=O. The molecule has 0 atom stereocenters. The molecule has 0 radical (unpaired) electrons. The molecule has 0 saturated carbocycles. The van der Waals surface area contributed by atoms with Crippen molar-refractivity contribution in [2.75, 3.05) is 35.5 Å². The second-order valence-electron chi connectivity index (χ2n) is 7.00. The molecule has 32 heavy (non-hydrogen) atoms. The van der Waals surface area contributed by atoms with Crippen molar-refractivity contribution in [1.29, 1.82) is 0 Å². The molecule has 0 aliphatic heterocycles. The van der Waals surface area contributed by atoms with E-state index < -0.39 is 5.97 Å². The van der Waals surface area contributed by atoms with Gasteiger partial charge in [0.25, 0.3) is 0 Å². The van der Waals surface area contributed by atoms with Crippen molar-refractivity contribution < 1.29 is 33.3 Å². The van der Waals surface area contributed by atoms with Crippen LogP contribution in [-0.2, 0) is 4.74 Å². The first kappa shape index (κ1) is 20.6. The molecule has 1 aliphatic rings. The molecule has 0 amide bonds. The van der Waals surface area contributed by atoms with Gasteiger partial charge >= 0.3 is 5.97 Å². The average molecular weight is 471 g/mol. The first-order chi connectivity index (χ1) is 15.5. The number of carbonyl (C=O) groups is 2. The van der Waals surface area contributed by atoms with Gasteiger partial charge < -0.3 is 23.7 Å².